The van der Waals surface area contributed by atoms with Crippen LogP contribution < -0.4 is 4.72 Å². The van der Waals surface area contributed by atoms with E-state index in [1.54, 1.807) is 57.8 Å². The van der Waals surface area contributed by atoms with Crippen LogP contribution in [0.25, 0.3) is 0 Å². The third kappa shape index (κ3) is 5.96. The minimum atomic E-state index is -3.60. The summed E-state index contributed by atoms with van der Waals surface area (Å²) in [7, 11) is -3.60. The molecule has 4 rings (SSSR count). The molecular formula is C23H24N4O4S2. The smallest absolute Gasteiger partial charge is 0.271 e. The Labute approximate surface area is 196 Å². The Hall–Kier alpha value is -3.24. The van der Waals surface area contributed by atoms with E-state index < -0.39 is 10.0 Å². The van der Waals surface area contributed by atoms with Crippen molar-refractivity contribution in [3.05, 3.63) is 77.4 Å². The molecule has 0 unspecified atom stereocenters. The van der Waals surface area contributed by atoms with Crippen molar-refractivity contribution in [1.29, 1.82) is 0 Å². The lowest BCUT2D eigenvalue weighted by Crippen LogP contribution is -2.51. The number of nitrogens with zero attached hydrogens (tertiary/aromatic N) is 3. The van der Waals surface area contributed by atoms with E-state index in [1.165, 1.54) is 0 Å². The van der Waals surface area contributed by atoms with Crippen molar-refractivity contribution in [2.75, 3.05) is 30.9 Å². The molecule has 10 heteroatoms. The molecule has 1 saturated heterocycles. The molecule has 3 aromatic rings. The first-order valence-electron chi connectivity index (χ1n) is 10.5. The standard InChI is InChI=1S/C23H24N4O4S2/c28-21(26-11-13-27(14-12-26)22(29)17-20-4-1-2-10-24-20)16-18-6-8-19(9-7-18)25-33(30,31)23-5-3-15-32-23/h1-10,15,25H,11-14,16-17H2. The number of thiophene rings is 1. The number of hydrogen-bond acceptors (Lipinski definition) is 6. The van der Waals surface area contributed by atoms with Gasteiger partial charge in [-0.05, 0) is 41.3 Å². The number of rotatable bonds is 7. The van der Waals surface area contributed by atoms with Crippen LogP contribution >= 0.6 is 11.3 Å². The summed E-state index contributed by atoms with van der Waals surface area (Å²) in [5.74, 6) is 0.000120. The van der Waals surface area contributed by atoms with Gasteiger partial charge in [-0.3, -0.25) is 19.3 Å². The van der Waals surface area contributed by atoms with Crippen molar-refractivity contribution in [2.45, 2.75) is 17.1 Å². The molecule has 0 bridgehead atoms. The predicted octanol–water partition coefficient (Wildman–Crippen LogP) is 2.40. The number of pyridine rings is 1. The summed E-state index contributed by atoms with van der Waals surface area (Å²) < 4.78 is 27.4. The van der Waals surface area contributed by atoms with Crippen LogP contribution in [0.4, 0.5) is 5.69 Å². The fourth-order valence-corrected chi connectivity index (χ4v) is 5.63. The van der Waals surface area contributed by atoms with Gasteiger partial charge in [-0.15, -0.1) is 11.3 Å². The maximum atomic E-state index is 12.7. The summed E-state index contributed by atoms with van der Waals surface area (Å²) >= 11 is 1.15. The quantitative estimate of drug-likeness (QED) is 0.555. The topological polar surface area (TPSA) is 99.7 Å². The Balaban J connectivity index is 1.26. The van der Waals surface area contributed by atoms with E-state index in [4.69, 9.17) is 0 Å². The number of hydrogen-bond donors (Lipinski definition) is 1. The van der Waals surface area contributed by atoms with E-state index in [9.17, 15) is 18.0 Å². The van der Waals surface area contributed by atoms with Gasteiger partial charge < -0.3 is 9.80 Å². The Morgan fingerprint density at radius 3 is 2.12 bits per heavy atom. The Bertz CT molecular complexity index is 1190. The number of carbonyl (C=O) groups excluding carboxylic acids is 2. The third-order valence-corrected chi connectivity index (χ3v) is 8.14. The molecule has 3 heterocycles. The maximum Gasteiger partial charge on any atom is 0.271 e. The zero-order valence-electron chi connectivity index (χ0n) is 17.9. The number of nitrogens with one attached hydrogen (secondary N) is 1. The van der Waals surface area contributed by atoms with Crippen molar-refractivity contribution in [3.8, 4) is 0 Å². The first kappa shape index (κ1) is 22.9. The van der Waals surface area contributed by atoms with Gasteiger partial charge in [0.25, 0.3) is 10.0 Å². The summed E-state index contributed by atoms with van der Waals surface area (Å²) in [6, 6.07) is 15.5. The molecule has 1 N–H and O–H groups in total. The minimum Gasteiger partial charge on any atom is -0.339 e. The third-order valence-electron chi connectivity index (χ3n) is 5.37. The van der Waals surface area contributed by atoms with Crippen LogP contribution in [0.2, 0.25) is 0 Å². The van der Waals surface area contributed by atoms with Crippen LogP contribution in [0.5, 0.6) is 0 Å². The van der Waals surface area contributed by atoms with Gasteiger partial charge in [0.15, 0.2) is 0 Å². The van der Waals surface area contributed by atoms with Crippen molar-refractivity contribution >= 4 is 38.9 Å². The summed E-state index contributed by atoms with van der Waals surface area (Å²) in [4.78, 5) is 32.9. The van der Waals surface area contributed by atoms with E-state index in [1.807, 2.05) is 18.2 Å². The van der Waals surface area contributed by atoms with Crippen molar-refractivity contribution in [2.24, 2.45) is 0 Å². The summed E-state index contributed by atoms with van der Waals surface area (Å²) in [6.07, 6.45) is 2.15. The monoisotopic (exact) mass is 484 g/mol. The number of benzene rings is 1. The van der Waals surface area contributed by atoms with Crippen LogP contribution in [0.1, 0.15) is 11.3 Å². The zero-order valence-corrected chi connectivity index (χ0v) is 19.5. The molecule has 1 aliphatic heterocycles. The van der Waals surface area contributed by atoms with Crippen molar-refractivity contribution in [1.82, 2.24) is 14.8 Å². The van der Waals surface area contributed by atoms with Crippen LogP contribution in [0.3, 0.4) is 0 Å². The molecule has 33 heavy (non-hydrogen) atoms. The lowest BCUT2D eigenvalue weighted by atomic mass is 10.1. The van der Waals surface area contributed by atoms with E-state index in [0.29, 0.717) is 31.9 Å². The molecule has 0 radical (unpaired) electrons. The minimum absolute atomic E-state index is 0.0151. The highest BCUT2D eigenvalue weighted by Crippen LogP contribution is 2.20. The van der Waals surface area contributed by atoms with Gasteiger partial charge in [-0.1, -0.05) is 24.3 Å². The highest BCUT2D eigenvalue weighted by molar-refractivity contribution is 7.94. The van der Waals surface area contributed by atoms with E-state index in [2.05, 4.69) is 9.71 Å². The molecule has 1 fully saturated rings. The normalized spacial score (nSPS) is 14.2. The molecule has 0 atom stereocenters. The molecule has 2 aromatic heterocycles. The van der Waals surface area contributed by atoms with Crippen LogP contribution in [-0.2, 0) is 32.5 Å². The van der Waals surface area contributed by atoms with E-state index in [-0.39, 0.29) is 28.9 Å². The number of amides is 2. The van der Waals surface area contributed by atoms with Gasteiger partial charge >= 0.3 is 0 Å². The van der Waals surface area contributed by atoms with Crippen LogP contribution in [-0.4, -0.2) is 61.2 Å². The number of sulfonamides is 1. The first-order chi connectivity index (χ1) is 15.9. The maximum absolute atomic E-state index is 12.7. The second-order valence-electron chi connectivity index (χ2n) is 7.67. The second kappa shape index (κ2) is 10.1. The molecule has 0 saturated carbocycles. The lowest BCUT2D eigenvalue weighted by Gasteiger charge is -2.35. The zero-order chi connectivity index (χ0) is 23.3. The lowest BCUT2D eigenvalue weighted by molar-refractivity contribution is -0.138. The average Bonchev–Trinajstić information content (AvgIpc) is 3.37. The molecule has 8 nitrogen and oxygen atoms in total. The van der Waals surface area contributed by atoms with E-state index >= 15 is 0 Å². The largest absolute Gasteiger partial charge is 0.339 e. The van der Waals surface area contributed by atoms with Crippen LogP contribution in [0, 0.1) is 0 Å². The molecule has 2 amide bonds. The average molecular weight is 485 g/mol. The van der Waals surface area contributed by atoms with Gasteiger partial charge in [-0.25, -0.2) is 8.42 Å². The van der Waals surface area contributed by atoms with Crippen molar-refractivity contribution in [3.63, 3.8) is 0 Å². The van der Waals surface area contributed by atoms with Gasteiger partial charge in [0.05, 0.1) is 12.8 Å². The summed E-state index contributed by atoms with van der Waals surface area (Å²) in [5.41, 5.74) is 1.98. The fraction of sp³-hybridized carbons (Fsp3) is 0.261. The van der Waals surface area contributed by atoms with Gasteiger partial charge in [0, 0.05) is 43.8 Å². The Morgan fingerprint density at radius 2 is 1.55 bits per heavy atom. The predicted molar refractivity (Wildman–Crippen MR) is 126 cm³/mol. The van der Waals surface area contributed by atoms with Gasteiger partial charge in [-0.2, -0.15) is 0 Å². The molecule has 1 aromatic carbocycles. The number of anilines is 1. The van der Waals surface area contributed by atoms with Gasteiger partial charge in [0.2, 0.25) is 11.8 Å². The van der Waals surface area contributed by atoms with E-state index in [0.717, 1.165) is 22.6 Å². The highest BCUT2D eigenvalue weighted by Gasteiger charge is 2.24. The Morgan fingerprint density at radius 1 is 0.879 bits per heavy atom. The second-order valence-corrected chi connectivity index (χ2v) is 10.5. The van der Waals surface area contributed by atoms with Crippen molar-refractivity contribution < 1.29 is 18.0 Å². The molecule has 0 spiro atoms. The highest BCUT2D eigenvalue weighted by atomic mass is 32.2. The molecule has 0 aliphatic carbocycles. The number of piperazine rings is 1. The molecule has 172 valence electrons. The summed E-state index contributed by atoms with van der Waals surface area (Å²) in [5, 5.41) is 1.71. The molecule has 1 aliphatic rings. The first-order valence-corrected chi connectivity index (χ1v) is 12.9. The Kier molecular flexibility index (Phi) is 7.05. The molecular weight excluding hydrogens is 460 g/mol. The SMILES string of the molecule is O=C(Cc1ccc(NS(=O)(=O)c2cccs2)cc1)N1CCN(C(=O)Cc2ccccn2)CC1. The fourth-order valence-electron chi connectivity index (χ4n) is 3.57. The number of aromatic nitrogens is 1. The summed E-state index contributed by atoms with van der Waals surface area (Å²) in [6.45, 7) is 1.98. The van der Waals surface area contributed by atoms with Gasteiger partial charge in [0.1, 0.15) is 4.21 Å². The van der Waals surface area contributed by atoms with Crippen LogP contribution in [0.15, 0.2) is 70.4 Å². The number of carbonyl (C=O) groups is 2.